The van der Waals surface area contributed by atoms with Gasteiger partial charge in [-0.1, -0.05) is 17.7 Å². The maximum atomic E-state index is 6.32. The van der Waals surface area contributed by atoms with E-state index in [9.17, 15) is 0 Å². The molecule has 1 heterocycles. The van der Waals surface area contributed by atoms with Crippen LogP contribution < -0.4 is 10.6 Å². The second-order valence-electron chi connectivity index (χ2n) is 5.84. The normalized spacial score (nSPS) is 22.6. The van der Waals surface area contributed by atoms with Gasteiger partial charge in [0.05, 0.1) is 11.7 Å². The van der Waals surface area contributed by atoms with Crippen molar-refractivity contribution in [1.29, 1.82) is 0 Å². The molecule has 2 N–H and O–H groups in total. The summed E-state index contributed by atoms with van der Waals surface area (Å²) in [6, 6.07) is 6.07. The van der Waals surface area contributed by atoms with E-state index >= 15 is 0 Å². The van der Waals surface area contributed by atoms with Crippen LogP contribution in [0.15, 0.2) is 18.2 Å². The van der Waals surface area contributed by atoms with Crippen molar-refractivity contribution in [3.63, 3.8) is 0 Å². The number of anilines is 1. The number of hydrogen-bond donors (Lipinski definition) is 1. The highest BCUT2D eigenvalue weighted by Crippen LogP contribution is 2.32. The minimum absolute atomic E-state index is 0.139. The largest absolute Gasteiger partial charge is 0.369 e. The Morgan fingerprint density at radius 2 is 2.21 bits per heavy atom. The molecule has 3 nitrogen and oxygen atoms in total. The van der Waals surface area contributed by atoms with Crippen molar-refractivity contribution in [2.24, 2.45) is 5.73 Å². The zero-order chi connectivity index (χ0) is 14.0. The lowest BCUT2D eigenvalue weighted by Gasteiger charge is -2.43. The molecular formula is C15H23ClN2O. The van der Waals surface area contributed by atoms with Crippen molar-refractivity contribution in [2.45, 2.75) is 38.9 Å². The van der Waals surface area contributed by atoms with E-state index in [-0.39, 0.29) is 11.7 Å². The number of benzene rings is 1. The number of ether oxygens (including phenoxy) is 1. The van der Waals surface area contributed by atoms with Gasteiger partial charge in [-0.15, -0.1) is 0 Å². The number of morpholine rings is 1. The van der Waals surface area contributed by atoms with Gasteiger partial charge in [0.2, 0.25) is 0 Å². The van der Waals surface area contributed by atoms with Gasteiger partial charge in [-0.05, 0) is 51.4 Å². The third-order valence-electron chi connectivity index (χ3n) is 3.40. The van der Waals surface area contributed by atoms with Crippen molar-refractivity contribution < 1.29 is 4.74 Å². The summed E-state index contributed by atoms with van der Waals surface area (Å²) in [7, 11) is 0. The maximum Gasteiger partial charge on any atom is 0.0805 e. The molecule has 0 spiro atoms. The smallest absolute Gasteiger partial charge is 0.0805 e. The SMILES string of the molecule is CC1CN(c2cccc(Cl)c2CCN)CC(C)(C)O1. The first-order valence-corrected chi connectivity index (χ1v) is 7.21. The predicted molar refractivity (Wildman–Crippen MR) is 81.0 cm³/mol. The molecule has 0 amide bonds. The third kappa shape index (κ3) is 3.41. The number of rotatable bonds is 3. The van der Waals surface area contributed by atoms with Crippen LogP contribution in [0, 0.1) is 0 Å². The van der Waals surface area contributed by atoms with E-state index in [1.54, 1.807) is 0 Å². The van der Waals surface area contributed by atoms with E-state index < -0.39 is 0 Å². The van der Waals surface area contributed by atoms with E-state index in [0.29, 0.717) is 6.54 Å². The lowest BCUT2D eigenvalue weighted by Crippen LogP contribution is -2.52. The van der Waals surface area contributed by atoms with Crippen molar-refractivity contribution in [3.8, 4) is 0 Å². The van der Waals surface area contributed by atoms with Gasteiger partial charge < -0.3 is 15.4 Å². The van der Waals surface area contributed by atoms with E-state index in [2.05, 4.69) is 31.7 Å². The van der Waals surface area contributed by atoms with Crippen LogP contribution in [0.25, 0.3) is 0 Å². The van der Waals surface area contributed by atoms with Crippen molar-refractivity contribution >= 4 is 17.3 Å². The molecular weight excluding hydrogens is 260 g/mol. The van der Waals surface area contributed by atoms with Gasteiger partial charge in [0.15, 0.2) is 0 Å². The Morgan fingerprint density at radius 1 is 1.47 bits per heavy atom. The first kappa shape index (κ1) is 14.6. The van der Waals surface area contributed by atoms with Crippen LogP contribution in [-0.2, 0) is 11.2 Å². The highest BCUT2D eigenvalue weighted by atomic mass is 35.5. The fraction of sp³-hybridized carbons (Fsp3) is 0.600. The van der Waals surface area contributed by atoms with Crippen LogP contribution in [0.2, 0.25) is 5.02 Å². The first-order valence-electron chi connectivity index (χ1n) is 6.83. The Balaban J connectivity index is 2.33. The molecule has 19 heavy (non-hydrogen) atoms. The lowest BCUT2D eigenvalue weighted by molar-refractivity contribution is -0.0750. The quantitative estimate of drug-likeness (QED) is 0.926. The van der Waals surface area contributed by atoms with Gasteiger partial charge in [0.1, 0.15) is 0 Å². The molecule has 1 aromatic rings. The molecule has 1 aliphatic heterocycles. The van der Waals surface area contributed by atoms with E-state index in [0.717, 1.165) is 30.1 Å². The Kier molecular flexibility index (Phi) is 4.39. The second kappa shape index (κ2) is 5.70. The maximum absolute atomic E-state index is 6.32. The molecule has 1 saturated heterocycles. The van der Waals surface area contributed by atoms with E-state index in [1.807, 2.05) is 12.1 Å². The summed E-state index contributed by atoms with van der Waals surface area (Å²) in [6.45, 7) is 8.74. The van der Waals surface area contributed by atoms with Crippen LogP contribution in [-0.4, -0.2) is 31.3 Å². The van der Waals surface area contributed by atoms with Crippen molar-refractivity contribution in [2.75, 3.05) is 24.5 Å². The molecule has 2 rings (SSSR count). The minimum Gasteiger partial charge on any atom is -0.369 e. The third-order valence-corrected chi connectivity index (χ3v) is 3.75. The monoisotopic (exact) mass is 282 g/mol. The van der Waals surface area contributed by atoms with Crippen LogP contribution >= 0.6 is 11.6 Å². The van der Waals surface area contributed by atoms with E-state index in [4.69, 9.17) is 22.1 Å². The molecule has 0 saturated carbocycles. The molecule has 1 atom stereocenters. The second-order valence-corrected chi connectivity index (χ2v) is 6.25. The summed E-state index contributed by atoms with van der Waals surface area (Å²) in [6.07, 6.45) is 1.02. The summed E-state index contributed by atoms with van der Waals surface area (Å²) in [5.41, 5.74) is 7.91. The molecule has 0 aromatic heterocycles. The first-order chi connectivity index (χ1) is 8.93. The topological polar surface area (TPSA) is 38.5 Å². The molecule has 1 unspecified atom stereocenters. The van der Waals surface area contributed by atoms with Gasteiger partial charge in [-0.25, -0.2) is 0 Å². The summed E-state index contributed by atoms with van der Waals surface area (Å²) >= 11 is 6.32. The Labute approximate surface area is 120 Å². The summed E-state index contributed by atoms with van der Waals surface area (Å²) in [5.74, 6) is 0. The number of nitrogens with zero attached hydrogens (tertiary/aromatic N) is 1. The van der Waals surface area contributed by atoms with Crippen LogP contribution in [0.1, 0.15) is 26.3 Å². The standard InChI is InChI=1S/C15H23ClN2O/c1-11-9-18(10-15(2,3)19-11)14-6-4-5-13(16)12(14)7-8-17/h4-6,11H,7-10,17H2,1-3H3. The van der Waals surface area contributed by atoms with Gasteiger partial charge in [-0.3, -0.25) is 0 Å². The fourth-order valence-corrected chi connectivity index (χ4v) is 3.14. The van der Waals surface area contributed by atoms with Gasteiger partial charge in [0.25, 0.3) is 0 Å². The van der Waals surface area contributed by atoms with Crippen LogP contribution in [0.4, 0.5) is 5.69 Å². The molecule has 106 valence electrons. The zero-order valence-corrected chi connectivity index (χ0v) is 12.7. The summed E-state index contributed by atoms with van der Waals surface area (Å²) < 4.78 is 5.96. The lowest BCUT2D eigenvalue weighted by atomic mass is 10.0. The van der Waals surface area contributed by atoms with Crippen LogP contribution in [0.5, 0.6) is 0 Å². The molecule has 1 aliphatic rings. The molecule has 0 bridgehead atoms. The number of nitrogens with two attached hydrogens (primary N) is 1. The Bertz CT molecular complexity index is 448. The van der Waals surface area contributed by atoms with Gasteiger partial charge in [0, 0.05) is 23.8 Å². The molecule has 4 heteroatoms. The summed E-state index contributed by atoms with van der Waals surface area (Å²) in [5, 5.41) is 0.805. The number of halogens is 1. The summed E-state index contributed by atoms with van der Waals surface area (Å²) in [4.78, 5) is 2.37. The average molecular weight is 283 g/mol. The van der Waals surface area contributed by atoms with Gasteiger partial charge in [-0.2, -0.15) is 0 Å². The highest BCUT2D eigenvalue weighted by Gasteiger charge is 2.32. The average Bonchev–Trinajstić information content (AvgIpc) is 2.29. The zero-order valence-electron chi connectivity index (χ0n) is 11.9. The van der Waals surface area contributed by atoms with Crippen LogP contribution in [0.3, 0.4) is 0 Å². The minimum atomic E-state index is -0.139. The Hall–Kier alpha value is -0.770. The van der Waals surface area contributed by atoms with Gasteiger partial charge >= 0.3 is 0 Å². The Morgan fingerprint density at radius 3 is 2.84 bits per heavy atom. The van der Waals surface area contributed by atoms with E-state index in [1.165, 1.54) is 5.69 Å². The molecule has 0 aliphatic carbocycles. The molecule has 1 aromatic carbocycles. The van der Waals surface area contributed by atoms with Crippen molar-refractivity contribution in [3.05, 3.63) is 28.8 Å². The number of hydrogen-bond acceptors (Lipinski definition) is 3. The van der Waals surface area contributed by atoms with Crippen molar-refractivity contribution in [1.82, 2.24) is 0 Å². The molecule has 1 fully saturated rings. The highest BCUT2D eigenvalue weighted by molar-refractivity contribution is 6.31. The fourth-order valence-electron chi connectivity index (χ4n) is 2.87. The molecule has 0 radical (unpaired) electrons. The predicted octanol–water partition coefficient (Wildman–Crippen LogP) is 2.84.